The Hall–Kier alpha value is -16.0. The van der Waals surface area contributed by atoms with Gasteiger partial charge in [0.1, 0.15) is 34.3 Å². The van der Waals surface area contributed by atoms with Gasteiger partial charge in [-0.05, 0) is 178 Å². The van der Waals surface area contributed by atoms with Gasteiger partial charge in [0, 0.05) is 104 Å². The summed E-state index contributed by atoms with van der Waals surface area (Å²) in [4.78, 5) is 212. The molecule has 4 saturated carbocycles. The van der Waals surface area contributed by atoms with Crippen molar-refractivity contribution in [1.82, 2.24) is 70.8 Å². The van der Waals surface area contributed by atoms with Crippen molar-refractivity contribution in [3.8, 4) is 5.69 Å². The van der Waals surface area contributed by atoms with Crippen LogP contribution in [0.2, 0.25) is 0 Å². The highest BCUT2D eigenvalue weighted by atomic mass is 16.2. The van der Waals surface area contributed by atoms with E-state index in [0.717, 1.165) is 61.4 Å². The Morgan fingerprint density at radius 3 is 1.36 bits per heavy atom. The van der Waals surface area contributed by atoms with E-state index in [4.69, 9.17) is 5.73 Å². The zero-order valence-corrected chi connectivity index (χ0v) is 71.5. The van der Waals surface area contributed by atoms with Crippen LogP contribution in [0.25, 0.3) is 27.4 Å². The summed E-state index contributed by atoms with van der Waals surface area (Å²) in [6, 6.07) is 42.6. The van der Waals surface area contributed by atoms with Gasteiger partial charge >= 0.3 is 6.03 Å². The number of fused-ring (bicyclic) bond motifs is 2. The third-order valence-electron chi connectivity index (χ3n) is 22.1. The van der Waals surface area contributed by atoms with Crippen molar-refractivity contribution in [2.75, 3.05) is 5.73 Å². The van der Waals surface area contributed by atoms with Crippen molar-refractivity contribution >= 4 is 97.9 Å². The van der Waals surface area contributed by atoms with E-state index in [1.807, 2.05) is 72.8 Å². The number of carbonyl (C=O) groups excluding carboxylic acids is 12. The maximum absolute atomic E-state index is 12.6. The van der Waals surface area contributed by atoms with Crippen LogP contribution in [0, 0.1) is 0 Å². The fraction of sp³-hybridized carbons (Fsp3) is 0.245. The van der Waals surface area contributed by atoms with Crippen LogP contribution in [0.4, 0.5) is 10.5 Å². The highest BCUT2D eigenvalue weighted by Gasteiger charge is 2.33. The summed E-state index contributed by atoms with van der Waals surface area (Å²) in [5, 5.41) is 23.4. The Labute approximate surface area is 745 Å². The van der Waals surface area contributed by atoms with Crippen molar-refractivity contribution in [3.05, 3.63) is 359 Å². The first kappa shape index (κ1) is 94.7. The summed E-state index contributed by atoms with van der Waals surface area (Å²) in [7, 11) is 1.58. The predicted molar refractivity (Wildman–Crippen MR) is 490 cm³/mol. The lowest BCUT2D eigenvalue weighted by atomic mass is 9.90. The number of piperidine rings is 2. The van der Waals surface area contributed by atoms with Crippen LogP contribution < -0.4 is 76.1 Å². The number of nitrogens with one attached hydrogen (secondary N) is 9. The van der Waals surface area contributed by atoms with Crippen molar-refractivity contribution in [2.45, 2.75) is 146 Å². The van der Waals surface area contributed by atoms with Crippen molar-refractivity contribution in [3.63, 3.8) is 0 Å². The molecule has 0 radical (unpaired) electrons. The number of para-hydroxylation sites is 1. The van der Waals surface area contributed by atoms with Gasteiger partial charge in [-0.25, -0.2) is 9.36 Å². The van der Waals surface area contributed by atoms with E-state index in [1.54, 1.807) is 92.5 Å². The molecular weight excluding hydrogens is 1660 g/mol. The maximum atomic E-state index is 12.6. The van der Waals surface area contributed by atoms with Gasteiger partial charge in [0.05, 0.1) is 41.8 Å². The summed E-state index contributed by atoms with van der Waals surface area (Å²) in [6.07, 6.45) is 17.9. The minimum atomic E-state index is -0.656. The van der Waals surface area contributed by atoms with E-state index in [1.165, 1.54) is 56.4 Å². The lowest BCUT2D eigenvalue weighted by Crippen LogP contribution is -2.51. The fourth-order valence-corrected chi connectivity index (χ4v) is 14.8. The summed E-state index contributed by atoms with van der Waals surface area (Å²) in [5.74, 6) is -3.11. The van der Waals surface area contributed by atoms with Crippen LogP contribution in [0.1, 0.15) is 160 Å². The van der Waals surface area contributed by atoms with Crippen LogP contribution in [0.3, 0.4) is 0 Å². The molecule has 4 aliphatic carbocycles. The third-order valence-corrected chi connectivity index (χ3v) is 22.1. The second-order valence-electron chi connectivity index (χ2n) is 31.9. The number of H-pyrrole nitrogens is 1. The van der Waals surface area contributed by atoms with E-state index < -0.39 is 82.6 Å². The first-order chi connectivity index (χ1) is 62.3. The number of amides is 8. The van der Waals surface area contributed by atoms with E-state index in [2.05, 4.69) is 92.0 Å². The van der Waals surface area contributed by atoms with Gasteiger partial charge in [0.2, 0.25) is 11.8 Å². The molecule has 11 N–H and O–H groups in total. The third kappa shape index (κ3) is 25.2. The van der Waals surface area contributed by atoms with Gasteiger partial charge in [-0.3, -0.25) is 86.3 Å². The number of nitrogens with two attached hydrogens (primary N) is 1. The molecule has 10 aromatic rings. The van der Waals surface area contributed by atoms with E-state index in [9.17, 15) is 81.5 Å². The molecule has 16 rings (SSSR count). The molecule has 32 heteroatoms. The number of Topliss-reactive ketones (excluding diaryl/α,β-unsaturated/α-hetero) is 4. The van der Waals surface area contributed by atoms with Crippen LogP contribution in [-0.4, -0.2) is 135 Å². The molecule has 6 atom stereocenters. The number of allylic oxidation sites excluding steroid dienone is 6. The zero-order chi connectivity index (χ0) is 93.4. The summed E-state index contributed by atoms with van der Waals surface area (Å²) < 4.78 is 5.23. The number of aromatic nitrogens is 6. The Bertz CT molecular complexity index is 6500. The second kappa shape index (κ2) is 44.2. The van der Waals surface area contributed by atoms with Crippen LogP contribution in [0.5, 0.6) is 0 Å². The lowest BCUT2D eigenvalue weighted by molar-refractivity contribution is -0.124. The Morgan fingerprint density at radius 1 is 0.423 bits per heavy atom. The number of carbonyl (C=O) groups is 12. The normalized spacial score (nSPS) is 18.3. The summed E-state index contributed by atoms with van der Waals surface area (Å²) >= 11 is 0. The molecule has 130 heavy (non-hydrogen) atoms. The van der Waals surface area contributed by atoms with Gasteiger partial charge in [0.25, 0.3) is 57.3 Å². The molecule has 8 amide bonds. The number of ketones is 4. The molecule has 6 aliphatic rings. The number of hydrogen-bond acceptors (Lipinski definition) is 19. The van der Waals surface area contributed by atoms with E-state index >= 15 is 0 Å². The monoisotopic (exact) mass is 1760 g/mol. The smallest absolute Gasteiger partial charge is 0.329 e. The summed E-state index contributed by atoms with van der Waals surface area (Å²) in [6.45, 7) is 23.0. The number of benzene rings is 4. The van der Waals surface area contributed by atoms with Crippen molar-refractivity contribution < 1.29 is 57.5 Å². The SMILES string of the molecule is C=C1CCC(NC(=O)c2ccc(N)c3cccnc23)C(=O)N1.C=C1CCC(NC(=O)c2ccc[nH]c2=O)C(=O)C1.C=C1CCC(NC(=O)c2cccn(-c3ccccc3)c2=O)C(=O)C1.C=C1CCC(NC(=O)c2cccn(C)c2=O)C(=O)C1.C=C1CCC(NC(=O)c2cccn(Cc3ccccc3)c2=O)C(=O)C1.C=C1CCC(NC(=O)n2cc3ccccc3cc2=O)C(=O)N1. The number of anilines is 1. The number of rotatable bonds is 14. The number of nitrogens with zero attached hydrogens (tertiary/aromatic N) is 5. The maximum Gasteiger partial charge on any atom is 0.329 e. The van der Waals surface area contributed by atoms with Crippen molar-refractivity contribution in [2.24, 2.45) is 7.05 Å². The summed E-state index contributed by atoms with van der Waals surface area (Å²) in [5.41, 5.74) is 12.1. The number of aryl methyl sites for hydroxylation is 1. The number of hydrogen-bond donors (Lipinski definition) is 10. The van der Waals surface area contributed by atoms with Crippen molar-refractivity contribution in [1.29, 1.82) is 0 Å². The zero-order valence-electron chi connectivity index (χ0n) is 71.5. The van der Waals surface area contributed by atoms with Crippen LogP contribution in [-0.2, 0) is 42.4 Å². The standard InChI is InChI=1S/C20H20N2O3.C19H18N2O3.C16H16N4O2.C16H15N3O3.C14H16N2O3.C13H14N2O3/c1-14-9-10-17(18(23)12-14)21-19(24)16-8-5-11-22(20(16)25)13-15-6-3-2-4-7-15;1-13-9-10-16(17(22)12-13)20-18(23)15-8-5-11-21(19(15)24)14-6-3-2-4-7-14;1-9-4-7-13(16(22)19-9)20-15(21)11-5-6-12(17)10-3-2-8-18-14(10)11;1-10-6-7-13(15(21)17-10)18-16(22)19-9-12-5-3-2-4-11(12)8-14(19)20;1-9-5-6-11(12(17)8-9)15-13(18)10-4-3-7-16(2)14(10)19;1-8-4-5-10(11(16)7-8)15-13(18)9-3-2-6-14-12(9)17/h2-8,11,17H,1,9-10,12-13H2,(H,21,24);2-8,11,16H,1,9-10,12H2,(H,20,23);2-3,5-6,8,13H,1,4,7,17H2,(H,19,22)(H,20,21);2-5,8-9,13H,1,6-7H2,(H,17,21)(H,18,22);3-4,7,11H,1,5-6,8H2,2H3,(H,15,18);2-3,6,10H,1,4-5,7H2,(H,14,17)(H,15,18). The van der Waals surface area contributed by atoms with E-state index in [-0.39, 0.29) is 87.1 Å². The second-order valence-corrected chi connectivity index (χ2v) is 31.9. The highest BCUT2D eigenvalue weighted by molar-refractivity contribution is 6.10. The largest absolute Gasteiger partial charge is 0.398 e. The quantitative estimate of drug-likeness (QED) is 0.0359. The Morgan fingerprint density at radius 2 is 0.854 bits per heavy atom. The van der Waals surface area contributed by atoms with Gasteiger partial charge in [-0.2, -0.15) is 0 Å². The van der Waals surface area contributed by atoms with Crippen LogP contribution in [0.15, 0.2) is 298 Å². The molecule has 6 unspecified atom stereocenters. The highest BCUT2D eigenvalue weighted by Crippen LogP contribution is 2.26. The Kier molecular flexibility index (Phi) is 32.2. The predicted octanol–water partition coefficient (Wildman–Crippen LogP) is 8.82. The molecule has 32 nitrogen and oxygen atoms in total. The fourth-order valence-electron chi connectivity index (χ4n) is 14.8. The molecular formula is C98H99N15O17. The molecule has 2 saturated heterocycles. The minimum Gasteiger partial charge on any atom is -0.398 e. The molecule has 668 valence electrons. The molecule has 4 aromatic carbocycles. The molecule has 8 heterocycles. The first-order valence-electron chi connectivity index (χ1n) is 42.0. The molecule has 2 aliphatic heterocycles. The molecule has 0 spiro atoms. The topological polar surface area (TPSA) is 461 Å². The minimum absolute atomic E-state index is 0.0229. The average molecular weight is 1760 g/mol. The molecule has 0 bridgehead atoms. The van der Waals surface area contributed by atoms with E-state index in [0.29, 0.717) is 117 Å². The molecule has 6 aromatic heterocycles. The lowest BCUT2D eigenvalue weighted by Gasteiger charge is -2.24. The van der Waals surface area contributed by atoms with Gasteiger partial charge < -0.3 is 62.4 Å². The van der Waals surface area contributed by atoms with Gasteiger partial charge in [-0.1, -0.05) is 135 Å². The number of nitrogen functional groups attached to an aromatic ring is 1. The molecule has 6 fully saturated rings. The first-order valence-corrected chi connectivity index (χ1v) is 42.0. The van der Waals surface area contributed by atoms with Gasteiger partial charge in [-0.15, -0.1) is 0 Å². The van der Waals surface area contributed by atoms with Crippen LogP contribution >= 0.6 is 0 Å². The Balaban J connectivity index is 0.000000151. The number of pyridine rings is 6. The number of aromatic amines is 1. The van der Waals surface area contributed by atoms with Gasteiger partial charge in [0.15, 0.2) is 23.1 Å². The average Bonchev–Trinajstić information content (AvgIpc) is 0.805.